The van der Waals surface area contributed by atoms with Crippen LogP contribution in [0, 0.1) is 6.92 Å². The number of benzene rings is 2. The summed E-state index contributed by atoms with van der Waals surface area (Å²) in [6, 6.07) is 12.6. The van der Waals surface area contributed by atoms with Crippen LogP contribution in [-0.2, 0) is 14.3 Å². The second-order valence-corrected chi connectivity index (χ2v) is 7.84. The molecule has 0 aliphatic carbocycles. The number of hydrogen-bond acceptors (Lipinski definition) is 5. The van der Waals surface area contributed by atoms with E-state index < -0.39 is 23.2 Å². The monoisotopic (exact) mass is 407 g/mol. The number of carbonyl (C=O) groups excluding carboxylic acids is 2. The van der Waals surface area contributed by atoms with Gasteiger partial charge in [-0.3, -0.25) is 9.59 Å². The minimum atomic E-state index is -0.934. The van der Waals surface area contributed by atoms with E-state index in [9.17, 15) is 9.59 Å². The number of carbonyl (C=O) groups is 2. The number of nitrogens with one attached hydrogen (secondary N) is 1. The number of ether oxygens (including phenoxy) is 2. The van der Waals surface area contributed by atoms with Crippen LogP contribution in [0.5, 0.6) is 5.75 Å². The maximum atomic E-state index is 12.4. The Labute approximate surface area is 168 Å². The zero-order valence-electron chi connectivity index (χ0n) is 15.6. The van der Waals surface area contributed by atoms with Gasteiger partial charge in [0.05, 0.1) is 12.8 Å². The van der Waals surface area contributed by atoms with Crippen molar-refractivity contribution < 1.29 is 19.1 Å². The summed E-state index contributed by atoms with van der Waals surface area (Å²) in [7, 11) is 1.53. The molecule has 0 unspecified atom stereocenters. The van der Waals surface area contributed by atoms with E-state index in [1.165, 1.54) is 25.8 Å². The third kappa shape index (κ3) is 6.19. The number of rotatable bonds is 7. The van der Waals surface area contributed by atoms with Crippen molar-refractivity contribution in [2.45, 2.75) is 37.0 Å². The topological polar surface area (TPSA) is 64.6 Å². The van der Waals surface area contributed by atoms with E-state index in [0.717, 1.165) is 10.5 Å². The largest absolute Gasteiger partial charge is 0.495 e. The van der Waals surface area contributed by atoms with Gasteiger partial charge in [0, 0.05) is 9.92 Å². The standard InChI is InChI=1S/C20H22ClNO4S/c1-12-5-10-18(25-4)17(11-12)22-19(23)13(2)26-20(24)14(3)27-16-8-6-15(21)7-9-16/h5-11,13-14H,1-4H3,(H,22,23)/t13-,14-/m0/s1. The molecule has 2 aromatic rings. The number of aryl methyl sites for hydroxylation is 1. The maximum absolute atomic E-state index is 12.4. The Morgan fingerprint density at radius 2 is 1.78 bits per heavy atom. The molecule has 0 aliphatic rings. The number of thioether (sulfide) groups is 1. The van der Waals surface area contributed by atoms with Gasteiger partial charge < -0.3 is 14.8 Å². The van der Waals surface area contributed by atoms with Crippen LogP contribution >= 0.6 is 23.4 Å². The van der Waals surface area contributed by atoms with Crippen molar-refractivity contribution in [2.75, 3.05) is 12.4 Å². The molecule has 27 heavy (non-hydrogen) atoms. The highest BCUT2D eigenvalue weighted by Crippen LogP contribution is 2.27. The SMILES string of the molecule is COc1ccc(C)cc1NC(=O)[C@H](C)OC(=O)[C@H](C)Sc1ccc(Cl)cc1. The van der Waals surface area contributed by atoms with Crippen LogP contribution in [-0.4, -0.2) is 30.3 Å². The van der Waals surface area contributed by atoms with Crippen LogP contribution in [0.25, 0.3) is 0 Å². The van der Waals surface area contributed by atoms with Crippen molar-refractivity contribution in [1.82, 2.24) is 0 Å². The highest BCUT2D eigenvalue weighted by Gasteiger charge is 2.23. The summed E-state index contributed by atoms with van der Waals surface area (Å²) >= 11 is 7.20. The number of amides is 1. The molecule has 2 rings (SSSR count). The summed E-state index contributed by atoms with van der Waals surface area (Å²) < 4.78 is 10.5. The molecular weight excluding hydrogens is 386 g/mol. The van der Waals surface area contributed by atoms with Gasteiger partial charge in [0.15, 0.2) is 6.10 Å². The minimum Gasteiger partial charge on any atom is -0.495 e. The molecule has 0 fully saturated rings. The molecule has 144 valence electrons. The normalized spacial score (nSPS) is 12.8. The molecule has 0 heterocycles. The van der Waals surface area contributed by atoms with Crippen molar-refractivity contribution in [3.8, 4) is 5.75 Å². The van der Waals surface area contributed by atoms with Gasteiger partial charge in [-0.25, -0.2) is 0 Å². The molecule has 2 aromatic carbocycles. The van der Waals surface area contributed by atoms with Crippen LogP contribution in [0.4, 0.5) is 5.69 Å². The lowest BCUT2D eigenvalue weighted by molar-refractivity contribution is -0.152. The van der Waals surface area contributed by atoms with Gasteiger partial charge in [-0.05, 0) is 62.7 Å². The fraction of sp³-hybridized carbons (Fsp3) is 0.300. The van der Waals surface area contributed by atoms with Gasteiger partial charge in [0.2, 0.25) is 0 Å². The summed E-state index contributed by atoms with van der Waals surface area (Å²) in [5, 5.41) is 2.91. The number of methoxy groups -OCH3 is 1. The average Bonchev–Trinajstić information content (AvgIpc) is 2.63. The highest BCUT2D eigenvalue weighted by atomic mass is 35.5. The molecule has 5 nitrogen and oxygen atoms in total. The van der Waals surface area contributed by atoms with Crippen LogP contribution < -0.4 is 10.1 Å². The molecule has 0 spiro atoms. The average molecular weight is 408 g/mol. The smallest absolute Gasteiger partial charge is 0.319 e. The number of halogens is 1. The van der Waals surface area contributed by atoms with Crippen molar-refractivity contribution in [2.24, 2.45) is 0 Å². The lowest BCUT2D eigenvalue weighted by Crippen LogP contribution is -2.32. The van der Waals surface area contributed by atoms with Gasteiger partial charge in [-0.15, -0.1) is 11.8 Å². The summed E-state index contributed by atoms with van der Waals surface area (Å²) in [5.74, 6) is -0.344. The third-order valence-corrected chi connectivity index (χ3v) is 5.08. The predicted molar refractivity (Wildman–Crippen MR) is 109 cm³/mol. The van der Waals surface area contributed by atoms with Crippen molar-refractivity contribution in [3.05, 3.63) is 53.1 Å². The van der Waals surface area contributed by atoms with Crippen LogP contribution in [0.2, 0.25) is 5.02 Å². The third-order valence-electron chi connectivity index (χ3n) is 3.73. The fourth-order valence-electron chi connectivity index (χ4n) is 2.24. The van der Waals surface area contributed by atoms with Crippen LogP contribution in [0.1, 0.15) is 19.4 Å². The van der Waals surface area contributed by atoms with Crippen molar-refractivity contribution >= 4 is 40.9 Å². The number of hydrogen-bond donors (Lipinski definition) is 1. The Morgan fingerprint density at radius 3 is 2.41 bits per heavy atom. The molecule has 0 saturated heterocycles. The first-order valence-electron chi connectivity index (χ1n) is 8.38. The summed E-state index contributed by atoms with van der Waals surface area (Å²) in [5.41, 5.74) is 1.51. The Morgan fingerprint density at radius 1 is 1.11 bits per heavy atom. The quantitative estimate of drug-likeness (QED) is 0.532. The molecule has 7 heteroatoms. The van der Waals surface area contributed by atoms with E-state index in [2.05, 4.69) is 5.32 Å². The van der Waals surface area contributed by atoms with E-state index in [1.807, 2.05) is 25.1 Å². The molecule has 0 aliphatic heterocycles. The molecule has 0 saturated carbocycles. The van der Waals surface area contributed by atoms with Crippen molar-refractivity contribution in [3.63, 3.8) is 0 Å². The molecule has 0 aromatic heterocycles. The number of anilines is 1. The second-order valence-electron chi connectivity index (χ2n) is 5.99. The van der Waals surface area contributed by atoms with Gasteiger partial charge in [0.25, 0.3) is 5.91 Å². The first-order valence-corrected chi connectivity index (χ1v) is 9.64. The molecule has 1 amide bonds. The molecule has 2 atom stereocenters. The predicted octanol–water partition coefficient (Wildman–Crippen LogP) is 4.71. The second kappa shape index (κ2) is 9.67. The highest BCUT2D eigenvalue weighted by molar-refractivity contribution is 8.00. The minimum absolute atomic E-state index is 0.420. The van der Waals surface area contributed by atoms with Gasteiger partial charge in [-0.1, -0.05) is 17.7 Å². The van der Waals surface area contributed by atoms with Gasteiger partial charge in [0.1, 0.15) is 11.0 Å². The Bertz CT molecular complexity index is 810. The van der Waals surface area contributed by atoms with E-state index in [-0.39, 0.29) is 0 Å². The fourth-order valence-corrected chi connectivity index (χ4v) is 3.22. The zero-order valence-corrected chi connectivity index (χ0v) is 17.2. The molecular formula is C20H22ClNO4S. The van der Waals surface area contributed by atoms with E-state index in [1.54, 1.807) is 31.2 Å². The first-order chi connectivity index (χ1) is 12.8. The van der Waals surface area contributed by atoms with E-state index in [4.69, 9.17) is 21.1 Å². The summed E-state index contributed by atoms with van der Waals surface area (Å²) in [4.78, 5) is 25.6. The number of esters is 1. The zero-order chi connectivity index (χ0) is 20.0. The van der Waals surface area contributed by atoms with Crippen LogP contribution in [0.3, 0.4) is 0 Å². The Balaban J connectivity index is 1.94. The van der Waals surface area contributed by atoms with E-state index >= 15 is 0 Å². The molecule has 0 bridgehead atoms. The van der Waals surface area contributed by atoms with Crippen LogP contribution in [0.15, 0.2) is 47.4 Å². The van der Waals surface area contributed by atoms with Gasteiger partial charge >= 0.3 is 5.97 Å². The maximum Gasteiger partial charge on any atom is 0.319 e. The molecule has 1 N–H and O–H groups in total. The lowest BCUT2D eigenvalue weighted by Gasteiger charge is -2.17. The summed E-state index contributed by atoms with van der Waals surface area (Å²) in [6.45, 7) is 5.18. The summed E-state index contributed by atoms with van der Waals surface area (Å²) in [6.07, 6.45) is -0.934. The van der Waals surface area contributed by atoms with Crippen molar-refractivity contribution in [1.29, 1.82) is 0 Å². The first kappa shape index (κ1) is 21.1. The lowest BCUT2D eigenvalue weighted by atomic mass is 10.2. The molecule has 0 radical (unpaired) electrons. The Hall–Kier alpha value is -2.18. The van der Waals surface area contributed by atoms with Gasteiger partial charge in [-0.2, -0.15) is 0 Å². The van der Waals surface area contributed by atoms with E-state index in [0.29, 0.717) is 16.5 Å². The Kier molecular flexibility index (Phi) is 7.56.